The van der Waals surface area contributed by atoms with Crippen molar-refractivity contribution in [2.45, 2.75) is 119 Å². The van der Waals surface area contributed by atoms with Gasteiger partial charge in [0.1, 0.15) is 29.0 Å². The summed E-state index contributed by atoms with van der Waals surface area (Å²) in [5.41, 5.74) is 2.11. The third-order valence-corrected chi connectivity index (χ3v) is 16.7. The predicted octanol–water partition coefficient (Wildman–Crippen LogP) is 6.29. The molecule has 1 aromatic heterocycles. The molecule has 1 unspecified atom stereocenters. The molecule has 1 saturated heterocycles. The number of methoxy groups -OCH3 is 2. The van der Waals surface area contributed by atoms with Crippen LogP contribution in [-0.2, 0) is 41.1 Å². The number of para-hydroxylation sites is 1. The first-order chi connectivity index (χ1) is 30.9. The number of ether oxygens (including phenoxy) is 4. The average Bonchev–Trinajstić information content (AvgIpc) is 4.10. The first-order valence-electron chi connectivity index (χ1n) is 23.7. The zero-order valence-corrected chi connectivity index (χ0v) is 38.3. The van der Waals surface area contributed by atoms with Gasteiger partial charge in [-0.2, -0.15) is 0 Å². The van der Waals surface area contributed by atoms with E-state index in [0.717, 1.165) is 104 Å². The Morgan fingerprint density at radius 1 is 1.02 bits per heavy atom. The molecule has 2 saturated carbocycles. The molecule has 1 spiro atoms. The maximum atomic E-state index is 15.4. The molecule has 2 aromatic carbocycles. The second-order valence-corrected chi connectivity index (χ2v) is 19.8. The number of rotatable bonds is 9. The van der Waals surface area contributed by atoms with Crippen LogP contribution in [0.5, 0.6) is 5.75 Å². The summed E-state index contributed by atoms with van der Waals surface area (Å²) in [6.45, 7) is 9.51. The quantitative estimate of drug-likeness (QED) is 0.127. The van der Waals surface area contributed by atoms with Crippen LogP contribution in [0.25, 0.3) is 10.9 Å². The fourth-order valence-electron chi connectivity index (χ4n) is 14.4. The molecular weight excluding hydrogens is 811 g/mol. The summed E-state index contributed by atoms with van der Waals surface area (Å²) in [7, 11) is 5.14. The molecule has 1 amide bonds. The third-order valence-electron chi connectivity index (χ3n) is 16.7. The molecule has 10 rings (SSSR count). The van der Waals surface area contributed by atoms with Crippen molar-refractivity contribution < 1.29 is 38.4 Å². The van der Waals surface area contributed by atoms with Crippen molar-refractivity contribution in [3.63, 3.8) is 0 Å². The van der Waals surface area contributed by atoms with Crippen molar-refractivity contribution in [1.82, 2.24) is 20.1 Å². The van der Waals surface area contributed by atoms with Crippen molar-refractivity contribution >= 4 is 34.6 Å². The van der Waals surface area contributed by atoms with Crippen LogP contribution in [0.2, 0.25) is 0 Å². The Morgan fingerprint density at radius 3 is 2.55 bits per heavy atom. The first-order valence-corrected chi connectivity index (χ1v) is 23.7. The number of fused-ring (bicyclic) bond motifs is 6. The van der Waals surface area contributed by atoms with Gasteiger partial charge >= 0.3 is 18.0 Å². The van der Waals surface area contributed by atoms with Gasteiger partial charge in [-0.25, -0.2) is 4.79 Å². The highest BCUT2D eigenvalue weighted by Crippen LogP contribution is 2.68. The van der Waals surface area contributed by atoms with E-state index in [1.807, 2.05) is 13.1 Å². The molecule has 3 N–H and O–H groups in total. The number of aromatic amines is 1. The number of carbonyl (C=O) groups excluding carboxylic acids is 3. The lowest BCUT2D eigenvalue weighted by molar-refractivity contribution is -0.217. The number of nitrogens with one attached hydrogen (secondary N) is 2. The number of anilines is 1. The van der Waals surface area contributed by atoms with Crippen LogP contribution in [0.15, 0.2) is 60.2 Å². The van der Waals surface area contributed by atoms with Gasteiger partial charge in [0.15, 0.2) is 0 Å². The number of benzene rings is 2. The fourth-order valence-corrected chi connectivity index (χ4v) is 14.4. The van der Waals surface area contributed by atoms with Crippen LogP contribution in [0, 0.1) is 11.3 Å². The van der Waals surface area contributed by atoms with E-state index in [4.69, 9.17) is 18.9 Å². The Kier molecular flexibility index (Phi) is 10.7. The molecule has 2 aliphatic carbocycles. The van der Waals surface area contributed by atoms with E-state index in [2.05, 4.69) is 87.4 Å². The minimum absolute atomic E-state index is 0.0317. The lowest BCUT2D eigenvalue weighted by Gasteiger charge is -2.64. The summed E-state index contributed by atoms with van der Waals surface area (Å²) in [5, 5.41) is 18.0. The number of H-pyrrole nitrogens is 1. The Morgan fingerprint density at radius 2 is 1.81 bits per heavy atom. The summed E-state index contributed by atoms with van der Waals surface area (Å²) in [4.78, 5) is 53.3. The van der Waals surface area contributed by atoms with Gasteiger partial charge < -0.3 is 39.3 Å². The second kappa shape index (κ2) is 15.9. The Hall–Kier alpha value is -4.85. The van der Waals surface area contributed by atoms with E-state index in [0.29, 0.717) is 31.6 Å². The molecule has 6 heterocycles. The number of aliphatic hydroxyl groups is 1. The van der Waals surface area contributed by atoms with E-state index in [1.54, 1.807) is 7.11 Å². The monoisotopic (exact) mass is 875 g/mol. The number of esters is 2. The minimum Gasteiger partial charge on any atom is -0.496 e. The molecule has 13 heteroatoms. The molecule has 5 aliphatic heterocycles. The summed E-state index contributed by atoms with van der Waals surface area (Å²) >= 11 is 0. The number of alkyl carbamates (subject to hydrolysis) is 1. The van der Waals surface area contributed by atoms with Crippen LogP contribution in [0.3, 0.4) is 0 Å². The van der Waals surface area contributed by atoms with Gasteiger partial charge in [0, 0.05) is 90.9 Å². The van der Waals surface area contributed by atoms with Crippen LogP contribution < -0.4 is 15.0 Å². The van der Waals surface area contributed by atoms with E-state index < -0.39 is 46.1 Å². The van der Waals surface area contributed by atoms with Gasteiger partial charge in [-0.05, 0) is 93.5 Å². The molecule has 13 nitrogen and oxygen atoms in total. The van der Waals surface area contributed by atoms with Gasteiger partial charge in [-0.3, -0.25) is 19.4 Å². The molecular formula is C51H65N5O8. The lowest BCUT2D eigenvalue weighted by Crippen LogP contribution is -2.81. The van der Waals surface area contributed by atoms with Crippen LogP contribution in [0.1, 0.15) is 94.5 Å². The highest BCUT2D eigenvalue weighted by atomic mass is 16.6. The normalized spacial score (nSPS) is 34.1. The smallest absolute Gasteiger partial charge is 0.407 e. The Labute approximate surface area is 376 Å². The van der Waals surface area contributed by atoms with Crippen LogP contribution >= 0.6 is 0 Å². The number of likely N-dealkylation sites (N-methyl/N-ethyl adjacent to an activating group) is 1. The number of hydrogen-bond acceptors (Lipinski definition) is 11. The Bertz CT molecular complexity index is 2420. The SMILES string of the molecule is CCC1=C[C@@H]2CN(CCc3c([nH]c4ccccc34)[C@@](C(=O)OC)(c3cc4c(cc3OC)N(C)[C@H]3[C@](O)(CNC(=O)OC5CCCC5)[C@H](OC(C)=O)[C@]5(CC)C=CCN6CC[C@]43[C@@H]65)C2)C1. The summed E-state index contributed by atoms with van der Waals surface area (Å²) in [6.07, 6.45) is 11.9. The molecule has 64 heavy (non-hydrogen) atoms. The molecule has 3 fully saturated rings. The van der Waals surface area contributed by atoms with Crippen molar-refractivity contribution in [2.24, 2.45) is 11.3 Å². The molecule has 7 aliphatic rings. The fraction of sp³-hybridized carbons (Fsp3) is 0.588. The number of aromatic nitrogens is 1. The Balaban J connectivity index is 1.22. The number of amides is 1. The standard InChI is InChI=1S/C51H65N5O8/c1-7-32-24-33-27-50(46(58)62-6,42-36(18-22-55(28-32)29-33)35-16-11-12-17-39(35)53-42)38-25-37-40(26-41(38)61-5)54(4)44-49(37)20-23-56-21-13-19-48(8-2,43(49)56)45(63-31(3)57)51(44,60)30-52-47(59)64-34-14-9-10-15-34/h11-13,16-17,19,24-26,33-34,43-45,53,60H,7-10,14-15,18,20-23,27-30H2,1-6H3,(H,52,59)/t33-,43-,44+,45+,48+,49+,50-,51+/m0/s1. The first kappa shape index (κ1) is 43.1. The second-order valence-electron chi connectivity index (χ2n) is 19.8. The van der Waals surface area contributed by atoms with E-state index in [1.165, 1.54) is 19.6 Å². The highest BCUT2D eigenvalue weighted by molar-refractivity contribution is 5.94. The average molecular weight is 876 g/mol. The van der Waals surface area contributed by atoms with Gasteiger partial charge in [-0.15, -0.1) is 0 Å². The van der Waals surface area contributed by atoms with Crippen molar-refractivity contribution in [3.8, 4) is 5.75 Å². The van der Waals surface area contributed by atoms with Crippen LogP contribution in [-0.4, -0.2) is 128 Å². The zero-order chi connectivity index (χ0) is 44.8. The lowest BCUT2D eigenvalue weighted by atomic mass is 9.47. The minimum atomic E-state index is -1.80. The van der Waals surface area contributed by atoms with Crippen LogP contribution in [0.4, 0.5) is 10.5 Å². The molecule has 2 bridgehead atoms. The van der Waals surface area contributed by atoms with E-state index >= 15 is 4.79 Å². The number of hydrogen-bond donors (Lipinski definition) is 3. The van der Waals surface area contributed by atoms with Gasteiger partial charge in [0.2, 0.25) is 0 Å². The summed E-state index contributed by atoms with van der Waals surface area (Å²) in [6, 6.07) is 11.7. The van der Waals surface area contributed by atoms with Gasteiger partial charge in [-0.1, -0.05) is 55.8 Å². The number of nitrogens with zero attached hydrogens (tertiary/aromatic N) is 3. The highest BCUT2D eigenvalue weighted by Gasteiger charge is 2.78. The maximum absolute atomic E-state index is 15.4. The molecule has 342 valence electrons. The molecule has 3 aromatic rings. The van der Waals surface area contributed by atoms with Gasteiger partial charge in [0.05, 0.1) is 26.8 Å². The van der Waals surface area contributed by atoms with Gasteiger partial charge in [0.25, 0.3) is 0 Å². The predicted molar refractivity (Wildman–Crippen MR) is 244 cm³/mol. The topological polar surface area (TPSA) is 146 Å². The molecule has 9 atom stereocenters. The van der Waals surface area contributed by atoms with E-state index in [-0.39, 0.29) is 30.6 Å². The third kappa shape index (κ3) is 6.15. The summed E-state index contributed by atoms with van der Waals surface area (Å²) in [5.74, 6) is -0.287. The van der Waals surface area contributed by atoms with Crippen molar-refractivity contribution in [2.75, 3.05) is 65.4 Å². The van der Waals surface area contributed by atoms with E-state index in [9.17, 15) is 14.7 Å². The zero-order valence-electron chi connectivity index (χ0n) is 38.3. The van der Waals surface area contributed by atoms with Crippen molar-refractivity contribution in [3.05, 3.63) is 82.6 Å². The van der Waals surface area contributed by atoms with Crippen molar-refractivity contribution in [1.29, 1.82) is 0 Å². The number of carbonyl (C=O) groups is 3. The maximum Gasteiger partial charge on any atom is 0.407 e. The summed E-state index contributed by atoms with van der Waals surface area (Å²) < 4.78 is 24.8. The largest absolute Gasteiger partial charge is 0.496 e. The molecule has 0 radical (unpaired) electrons.